The van der Waals surface area contributed by atoms with Gasteiger partial charge >= 0.3 is 0 Å². The summed E-state index contributed by atoms with van der Waals surface area (Å²) in [6.45, 7) is 18.1. The third-order valence-corrected chi connectivity index (χ3v) is 3.85. The molecule has 0 fully saturated rings. The average molecular weight is 197 g/mol. The fraction of sp³-hybridized carbons (Fsp3) is 0.929. The van der Waals surface area contributed by atoms with E-state index < -0.39 is 0 Å². The Morgan fingerprint density at radius 2 is 1.43 bits per heavy atom. The number of hydrogen-bond donors (Lipinski definition) is 0. The predicted octanol–water partition coefficient (Wildman–Crippen LogP) is 4.80. The van der Waals surface area contributed by atoms with Crippen LogP contribution in [-0.4, -0.2) is 0 Å². The predicted molar refractivity (Wildman–Crippen MR) is 66.1 cm³/mol. The molecule has 4 unspecified atom stereocenters. The van der Waals surface area contributed by atoms with Crippen LogP contribution in [0.4, 0.5) is 0 Å². The molecule has 14 heavy (non-hydrogen) atoms. The molecule has 0 heteroatoms. The van der Waals surface area contributed by atoms with Crippen molar-refractivity contribution in [2.24, 2.45) is 29.6 Å². The first-order valence-corrected chi connectivity index (χ1v) is 6.23. The van der Waals surface area contributed by atoms with Crippen LogP contribution in [0.5, 0.6) is 0 Å². The van der Waals surface area contributed by atoms with Crippen LogP contribution in [0.15, 0.2) is 0 Å². The van der Waals surface area contributed by atoms with Gasteiger partial charge in [0.2, 0.25) is 0 Å². The van der Waals surface area contributed by atoms with Crippen molar-refractivity contribution in [3.63, 3.8) is 0 Å². The van der Waals surface area contributed by atoms with Gasteiger partial charge in [0.05, 0.1) is 0 Å². The normalized spacial score (nSPS) is 18.6. The summed E-state index contributed by atoms with van der Waals surface area (Å²) < 4.78 is 0. The molecule has 0 aromatic carbocycles. The molecule has 4 atom stereocenters. The number of rotatable bonds is 6. The Morgan fingerprint density at radius 3 is 1.71 bits per heavy atom. The summed E-state index contributed by atoms with van der Waals surface area (Å²) in [5.41, 5.74) is 0. The monoisotopic (exact) mass is 197 g/mol. The van der Waals surface area contributed by atoms with E-state index in [0.29, 0.717) is 5.92 Å². The molecule has 0 spiro atoms. The summed E-state index contributed by atoms with van der Waals surface area (Å²) in [6, 6.07) is 0. The largest absolute Gasteiger partial charge is 0.0651 e. The molecule has 85 valence electrons. The van der Waals surface area contributed by atoms with Crippen LogP contribution in [-0.2, 0) is 0 Å². The van der Waals surface area contributed by atoms with Crippen LogP contribution < -0.4 is 0 Å². The van der Waals surface area contributed by atoms with Gasteiger partial charge in [0.15, 0.2) is 0 Å². The minimum Gasteiger partial charge on any atom is -0.0651 e. The van der Waals surface area contributed by atoms with Crippen LogP contribution in [0, 0.1) is 36.5 Å². The SMILES string of the molecule is [CH2]C(C)CC(CC)C(C)C(C)C(C)C. The lowest BCUT2D eigenvalue weighted by Gasteiger charge is -2.31. The Morgan fingerprint density at radius 1 is 0.929 bits per heavy atom. The third-order valence-electron chi connectivity index (χ3n) is 3.85. The summed E-state index contributed by atoms with van der Waals surface area (Å²) in [5, 5.41) is 0. The van der Waals surface area contributed by atoms with Gasteiger partial charge in [0.1, 0.15) is 0 Å². The molecule has 0 N–H and O–H groups in total. The van der Waals surface area contributed by atoms with Gasteiger partial charge in [-0.25, -0.2) is 0 Å². The van der Waals surface area contributed by atoms with Gasteiger partial charge < -0.3 is 0 Å². The van der Waals surface area contributed by atoms with Gasteiger partial charge in [0, 0.05) is 0 Å². The van der Waals surface area contributed by atoms with Crippen LogP contribution in [0.3, 0.4) is 0 Å². The van der Waals surface area contributed by atoms with Crippen LogP contribution in [0.2, 0.25) is 0 Å². The first kappa shape index (κ1) is 14.0. The van der Waals surface area contributed by atoms with Crippen molar-refractivity contribution in [3.05, 3.63) is 6.92 Å². The summed E-state index contributed by atoms with van der Waals surface area (Å²) in [5.74, 6) is 3.93. The third kappa shape index (κ3) is 4.48. The minimum atomic E-state index is 0.599. The van der Waals surface area contributed by atoms with E-state index in [9.17, 15) is 0 Å². The fourth-order valence-corrected chi connectivity index (χ4v) is 2.31. The smallest absolute Gasteiger partial charge is 0.0386 e. The highest BCUT2D eigenvalue weighted by Gasteiger charge is 2.23. The second kappa shape index (κ2) is 6.48. The van der Waals surface area contributed by atoms with E-state index in [1.165, 1.54) is 12.8 Å². The van der Waals surface area contributed by atoms with Crippen LogP contribution >= 0.6 is 0 Å². The molecule has 0 aliphatic carbocycles. The Balaban J connectivity index is 4.22. The molecule has 0 heterocycles. The molecule has 0 aliphatic heterocycles. The van der Waals surface area contributed by atoms with Gasteiger partial charge in [-0.1, -0.05) is 54.9 Å². The highest BCUT2D eigenvalue weighted by molar-refractivity contribution is 4.74. The van der Waals surface area contributed by atoms with Gasteiger partial charge in [0.25, 0.3) is 0 Å². The van der Waals surface area contributed by atoms with E-state index in [-0.39, 0.29) is 0 Å². The topological polar surface area (TPSA) is 0 Å². The molecule has 0 amide bonds. The van der Waals surface area contributed by atoms with Gasteiger partial charge in [-0.3, -0.25) is 0 Å². The van der Waals surface area contributed by atoms with Gasteiger partial charge in [-0.2, -0.15) is 0 Å². The van der Waals surface area contributed by atoms with E-state index >= 15 is 0 Å². The maximum Gasteiger partial charge on any atom is -0.0386 e. The highest BCUT2D eigenvalue weighted by Crippen LogP contribution is 2.32. The Kier molecular flexibility index (Phi) is 6.48. The summed E-state index contributed by atoms with van der Waals surface area (Å²) in [4.78, 5) is 0. The van der Waals surface area contributed by atoms with Crippen molar-refractivity contribution < 1.29 is 0 Å². The average Bonchev–Trinajstić information content (AvgIpc) is 2.11. The molecular formula is C14H29. The highest BCUT2D eigenvalue weighted by atomic mass is 14.3. The van der Waals surface area contributed by atoms with E-state index in [4.69, 9.17) is 0 Å². The first-order valence-electron chi connectivity index (χ1n) is 6.23. The zero-order valence-corrected chi connectivity index (χ0v) is 11.0. The molecule has 0 bridgehead atoms. The van der Waals surface area contributed by atoms with Gasteiger partial charge in [-0.15, -0.1) is 0 Å². The molecule has 0 nitrogen and oxygen atoms in total. The van der Waals surface area contributed by atoms with Crippen molar-refractivity contribution in [2.45, 2.75) is 54.4 Å². The summed E-state index contributed by atoms with van der Waals surface area (Å²) in [7, 11) is 0. The lowest BCUT2D eigenvalue weighted by molar-refractivity contribution is 0.187. The van der Waals surface area contributed by atoms with Crippen molar-refractivity contribution in [3.8, 4) is 0 Å². The Bertz CT molecular complexity index is 135. The Hall–Kier alpha value is 0. The molecule has 0 saturated carbocycles. The zero-order chi connectivity index (χ0) is 11.3. The second-order valence-electron chi connectivity index (χ2n) is 5.47. The second-order valence-corrected chi connectivity index (χ2v) is 5.47. The summed E-state index contributed by atoms with van der Waals surface area (Å²) in [6.07, 6.45) is 2.59. The van der Waals surface area contributed by atoms with E-state index in [0.717, 1.165) is 23.7 Å². The van der Waals surface area contributed by atoms with Gasteiger partial charge in [-0.05, 0) is 36.0 Å². The maximum atomic E-state index is 4.11. The lowest BCUT2D eigenvalue weighted by atomic mass is 9.74. The minimum absolute atomic E-state index is 0.599. The standard InChI is InChI=1S/C14H29/c1-8-14(9-10(2)3)13(7)12(6)11(4)5/h10-14H,2,8-9H2,1,3-7H3. The molecule has 0 aromatic rings. The molecule has 0 saturated heterocycles. The van der Waals surface area contributed by atoms with Crippen molar-refractivity contribution in [1.82, 2.24) is 0 Å². The molecule has 0 aliphatic rings. The number of hydrogen-bond acceptors (Lipinski definition) is 0. The van der Waals surface area contributed by atoms with E-state index in [1.807, 2.05) is 0 Å². The van der Waals surface area contributed by atoms with Crippen molar-refractivity contribution in [1.29, 1.82) is 0 Å². The van der Waals surface area contributed by atoms with Crippen molar-refractivity contribution in [2.75, 3.05) is 0 Å². The first-order chi connectivity index (χ1) is 6.40. The van der Waals surface area contributed by atoms with Crippen LogP contribution in [0.1, 0.15) is 54.4 Å². The summed E-state index contributed by atoms with van der Waals surface area (Å²) >= 11 is 0. The molecule has 1 radical (unpaired) electrons. The molecular weight excluding hydrogens is 168 g/mol. The lowest BCUT2D eigenvalue weighted by Crippen LogP contribution is -2.23. The Labute approximate surface area is 91.5 Å². The molecule has 0 rings (SSSR count). The fourth-order valence-electron chi connectivity index (χ4n) is 2.31. The van der Waals surface area contributed by atoms with Crippen LogP contribution in [0.25, 0.3) is 0 Å². The van der Waals surface area contributed by atoms with E-state index in [2.05, 4.69) is 48.5 Å². The van der Waals surface area contributed by atoms with E-state index in [1.54, 1.807) is 0 Å². The molecule has 0 aromatic heterocycles. The maximum absolute atomic E-state index is 4.11. The zero-order valence-electron chi connectivity index (χ0n) is 11.0. The van der Waals surface area contributed by atoms with Crippen molar-refractivity contribution >= 4 is 0 Å². The quantitative estimate of drug-likeness (QED) is 0.573.